The second kappa shape index (κ2) is 11.1. The molecule has 0 unspecified atom stereocenters. The van der Waals surface area contributed by atoms with E-state index in [4.69, 9.17) is 33.2 Å². The lowest BCUT2D eigenvalue weighted by atomic mass is 9.83. The molecule has 0 saturated carbocycles. The maximum atomic E-state index is 5.59. The molecule has 0 spiro atoms. The van der Waals surface area contributed by atoms with Gasteiger partial charge < -0.3 is 33.2 Å². The first-order valence-corrected chi connectivity index (χ1v) is 10.3. The fourth-order valence-electron chi connectivity index (χ4n) is 4.07. The Morgan fingerprint density at radius 2 is 1.32 bits per heavy atom. The molecule has 1 aliphatic heterocycles. The Labute approximate surface area is 184 Å². The van der Waals surface area contributed by atoms with Crippen molar-refractivity contribution in [3.63, 3.8) is 0 Å². The number of hydrogen-bond acceptors (Lipinski definition) is 7. The van der Waals surface area contributed by atoms with E-state index in [1.165, 1.54) is 0 Å². The minimum atomic E-state index is 0.211. The van der Waals surface area contributed by atoms with E-state index in [1.54, 1.807) is 35.5 Å². The molecule has 0 aromatic heterocycles. The summed E-state index contributed by atoms with van der Waals surface area (Å²) in [5, 5.41) is 0. The van der Waals surface area contributed by atoms with E-state index in [-0.39, 0.29) is 18.6 Å². The molecule has 0 fully saturated rings. The highest BCUT2D eigenvalue weighted by atomic mass is 16.7. The van der Waals surface area contributed by atoms with Gasteiger partial charge in [0.05, 0.1) is 21.3 Å². The van der Waals surface area contributed by atoms with Crippen molar-refractivity contribution in [2.45, 2.75) is 12.8 Å². The van der Waals surface area contributed by atoms with Crippen LogP contribution in [0.5, 0.6) is 28.7 Å². The average Bonchev–Trinajstić information content (AvgIpc) is 3.26. The van der Waals surface area contributed by atoms with Crippen molar-refractivity contribution in [1.29, 1.82) is 0 Å². The second-order valence-corrected chi connectivity index (χ2v) is 7.56. The third-order valence-corrected chi connectivity index (χ3v) is 5.59. The van der Waals surface area contributed by atoms with Crippen LogP contribution in [0.4, 0.5) is 0 Å². The molecule has 0 amide bonds. The number of fused-ring (bicyclic) bond motifs is 1. The van der Waals surface area contributed by atoms with Gasteiger partial charge in [-0.3, -0.25) is 0 Å². The van der Waals surface area contributed by atoms with Crippen LogP contribution in [0, 0.1) is 11.8 Å². The first kappa shape index (κ1) is 23.0. The normalized spacial score (nSPS) is 14.2. The van der Waals surface area contributed by atoms with E-state index < -0.39 is 0 Å². The van der Waals surface area contributed by atoms with E-state index in [9.17, 15) is 0 Å². The average molecular weight is 433 g/mol. The van der Waals surface area contributed by atoms with Gasteiger partial charge in [-0.15, -0.1) is 0 Å². The van der Waals surface area contributed by atoms with Crippen LogP contribution in [0.2, 0.25) is 0 Å². The van der Waals surface area contributed by atoms with Crippen molar-refractivity contribution < 1.29 is 33.2 Å². The Hall–Kier alpha value is -2.64. The van der Waals surface area contributed by atoms with Crippen molar-refractivity contribution >= 4 is 0 Å². The van der Waals surface area contributed by atoms with Crippen LogP contribution >= 0.6 is 0 Å². The Morgan fingerprint density at radius 1 is 0.710 bits per heavy atom. The molecule has 170 valence electrons. The zero-order valence-corrected chi connectivity index (χ0v) is 18.9. The van der Waals surface area contributed by atoms with Crippen LogP contribution in [-0.2, 0) is 22.3 Å². The smallest absolute Gasteiger partial charge is 0.231 e. The Kier molecular flexibility index (Phi) is 8.26. The van der Waals surface area contributed by atoms with Crippen LogP contribution in [0.1, 0.15) is 11.1 Å². The lowest BCUT2D eigenvalue weighted by molar-refractivity contribution is 0.0697. The summed E-state index contributed by atoms with van der Waals surface area (Å²) < 4.78 is 38.6. The van der Waals surface area contributed by atoms with Crippen LogP contribution in [0.25, 0.3) is 0 Å². The summed E-state index contributed by atoms with van der Waals surface area (Å²) in [5.41, 5.74) is 2.26. The largest absolute Gasteiger partial charge is 0.493 e. The van der Waals surface area contributed by atoms with E-state index in [1.807, 2.05) is 24.3 Å². The molecule has 2 atom stereocenters. The van der Waals surface area contributed by atoms with Gasteiger partial charge in [0.15, 0.2) is 23.0 Å². The van der Waals surface area contributed by atoms with Crippen molar-refractivity contribution in [2.75, 3.05) is 55.6 Å². The van der Waals surface area contributed by atoms with Gasteiger partial charge >= 0.3 is 0 Å². The van der Waals surface area contributed by atoms with Crippen molar-refractivity contribution in [2.24, 2.45) is 11.8 Å². The van der Waals surface area contributed by atoms with Gasteiger partial charge in [-0.05, 0) is 60.1 Å². The molecule has 0 N–H and O–H groups in total. The second-order valence-electron chi connectivity index (χ2n) is 7.56. The molecular formula is C24H32O7. The van der Waals surface area contributed by atoms with Crippen molar-refractivity contribution in [3.05, 3.63) is 41.5 Å². The number of benzene rings is 2. The summed E-state index contributed by atoms with van der Waals surface area (Å²) in [6.07, 6.45) is 1.62. The van der Waals surface area contributed by atoms with Crippen LogP contribution in [0.3, 0.4) is 0 Å². The summed E-state index contributed by atoms with van der Waals surface area (Å²) in [6, 6.07) is 10.1. The van der Waals surface area contributed by atoms with Crippen molar-refractivity contribution in [3.8, 4) is 28.7 Å². The molecule has 3 rings (SSSR count). The zero-order chi connectivity index (χ0) is 22.2. The summed E-state index contributed by atoms with van der Waals surface area (Å²) >= 11 is 0. The number of ether oxygens (including phenoxy) is 7. The van der Waals surface area contributed by atoms with E-state index in [0.717, 1.165) is 35.5 Å². The maximum absolute atomic E-state index is 5.59. The van der Waals surface area contributed by atoms with Gasteiger partial charge in [-0.25, -0.2) is 0 Å². The lowest BCUT2D eigenvalue weighted by Gasteiger charge is -2.27. The minimum absolute atomic E-state index is 0.211. The zero-order valence-electron chi connectivity index (χ0n) is 18.9. The van der Waals surface area contributed by atoms with Gasteiger partial charge in [-0.2, -0.15) is 0 Å². The number of hydrogen-bond donors (Lipinski definition) is 0. The first-order chi connectivity index (χ1) is 15.1. The van der Waals surface area contributed by atoms with Crippen LogP contribution < -0.4 is 23.7 Å². The topological polar surface area (TPSA) is 64.6 Å². The molecule has 1 heterocycles. The summed E-state index contributed by atoms with van der Waals surface area (Å²) in [6.45, 7) is 1.43. The summed E-state index contributed by atoms with van der Waals surface area (Å²) in [5.74, 6) is 3.96. The maximum Gasteiger partial charge on any atom is 0.231 e. The van der Waals surface area contributed by atoms with E-state index in [2.05, 4.69) is 6.07 Å². The molecule has 1 aliphatic rings. The van der Waals surface area contributed by atoms with Crippen molar-refractivity contribution in [1.82, 2.24) is 0 Å². The number of methoxy groups -OCH3 is 5. The monoisotopic (exact) mass is 432 g/mol. The predicted octanol–water partition coefficient (Wildman–Crippen LogP) is 3.75. The molecule has 0 bridgehead atoms. The third kappa shape index (κ3) is 5.54. The molecule has 0 radical (unpaired) electrons. The first-order valence-electron chi connectivity index (χ1n) is 10.3. The molecule has 7 heteroatoms. The van der Waals surface area contributed by atoms with Gasteiger partial charge in [0, 0.05) is 27.4 Å². The quantitative estimate of drug-likeness (QED) is 0.506. The molecule has 7 nitrogen and oxygen atoms in total. The summed E-state index contributed by atoms with van der Waals surface area (Å²) in [7, 11) is 8.38. The molecule has 2 aromatic rings. The van der Waals surface area contributed by atoms with Gasteiger partial charge in [0.25, 0.3) is 0 Å². The van der Waals surface area contributed by atoms with Gasteiger partial charge in [0.1, 0.15) is 0 Å². The Bertz CT molecular complexity index is 852. The molecular weight excluding hydrogens is 400 g/mol. The highest BCUT2D eigenvalue weighted by molar-refractivity contribution is 5.55. The van der Waals surface area contributed by atoms with Gasteiger partial charge in [0.2, 0.25) is 12.5 Å². The van der Waals surface area contributed by atoms with E-state index in [0.29, 0.717) is 30.5 Å². The highest BCUT2D eigenvalue weighted by Gasteiger charge is 2.26. The molecule has 0 aliphatic carbocycles. The van der Waals surface area contributed by atoms with Gasteiger partial charge in [-0.1, -0.05) is 6.07 Å². The molecule has 2 aromatic carbocycles. The highest BCUT2D eigenvalue weighted by Crippen LogP contribution is 2.42. The Morgan fingerprint density at radius 3 is 1.94 bits per heavy atom. The predicted molar refractivity (Wildman–Crippen MR) is 117 cm³/mol. The molecule has 31 heavy (non-hydrogen) atoms. The SMILES string of the molecule is COC[C@H](Cc1ccc(OC)c(OC)c1)[C@H](COC)Cc1cc(OC)c2c(c1)OCO2. The molecule has 0 saturated heterocycles. The standard InChI is InChI=1S/C24H32O7/c1-25-13-18(8-16-6-7-20(27-3)21(10-16)28-4)19(14-26-2)9-17-11-22(29-5)24-23(12-17)30-15-31-24/h6-7,10-12,18-19H,8-9,13-15H2,1-5H3/t18-,19-/m0/s1. The fourth-order valence-corrected chi connectivity index (χ4v) is 4.07. The number of rotatable bonds is 12. The third-order valence-electron chi connectivity index (χ3n) is 5.59. The van der Waals surface area contributed by atoms with Crippen LogP contribution in [-0.4, -0.2) is 55.6 Å². The van der Waals surface area contributed by atoms with Crippen LogP contribution in [0.15, 0.2) is 30.3 Å². The van der Waals surface area contributed by atoms with E-state index >= 15 is 0 Å². The summed E-state index contributed by atoms with van der Waals surface area (Å²) in [4.78, 5) is 0. The minimum Gasteiger partial charge on any atom is -0.493 e. The fraction of sp³-hybridized carbons (Fsp3) is 0.500. The Balaban J connectivity index is 1.83. The lowest BCUT2D eigenvalue weighted by Crippen LogP contribution is -2.27.